The number of nitrogens with zero attached hydrogens (tertiary/aromatic N) is 1. The van der Waals surface area contributed by atoms with Crippen molar-refractivity contribution in [1.29, 1.82) is 0 Å². The van der Waals surface area contributed by atoms with Crippen LogP contribution in [0.1, 0.15) is 32.4 Å². The van der Waals surface area contributed by atoms with Crippen LogP contribution in [0.5, 0.6) is 0 Å². The lowest BCUT2D eigenvalue weighted by Gasteiger charge is -2.23. The molecule has 0 aliphatic heterocycles. The van der Waals surface area contributed by atoms with E-state index in [4.69, 9.17) is 16.7 Å². The van der Waals surface area contributed by atoms with Crippen LogP contribution in [0.15, 0.2) is 18.2 Å². The molecule has 0 saturated heterocycles. The minimum absolute atomic E-state index is 0.154. The van der Waals surface area contributed by atoms with Gasteiger partial charge in [-0.1, -0.05) is 24.6 Å². The standard InChI is InChI=1S/C14H23ClN2O/c1-4-16-11(3)13-7-6-12(10-14(13)15)17(5-2)8-9-18/h6-7,10-11,16,18H,4-5,8-9H2,1-3H3. The number of anilines is 1. The lowest BCUT2D eigenvalue weighted by molar-refractivity contribution is 0.302. The predicted octanol–water partition coefficient (Wildman–Crippen LogP) is 2.83. The van der Waals surface area contributed by atoms with Gasteiger partial charge in [0.15, 0.2) is 0 Å². The van der Waals surface area contributed by atoms with Crippen molar-refractivity contribution in [1.82, 2.24) is 5.32 Å². The Morgan fingerprint density at radius 3 is 2.61 bits per heavy atom. The molecule has 0 heterocycles. The van der Waals surface area contributed by atoms with Gasteiger partial charge < -0.3 is 15.3 Å². The number of likely N-dealkylation sites (N-methyl/N-ethyl adjacent to an activating group) is 1. The summed E-state index contributed by atoms with van der Waals surface area (Å²) < 4.78 is 0. The molecule has 102 valence electrons. The van der Waals surface area contributed by atoms with Gasteiger partial charge in [-0.3, -0.25) is 0 Å². The van der Waals surface area contributed by atoms with E-state index in [0.29, 0.717) is 6.54 Å². The van der Waals surface area contributed by atoms with Crippen LogP contribution in [0, 0.1) is 0 Å². The van der Waals surface area contributed by atoms with Gasteiger partial charge in [-0.05, 0) is 38.1 Å². The number of aliphatic hydroxyl groups is 1. The molecule has 0 amide bonds. The Morgan fingerprint density at radius 1 is 1.39 bits per heavy atom. The highest BCUT2D eigenvalue weighted by Crippen LogP contribution is 2.27. The molecule has 0 saturated carbocycles. The Balaban J connectivity index is 2.90. The quantitative estimate of drug-likeness (QED) is 0.800. The molecule has 1 atom stereocenters. The van der Waals surface area contributed by atoms with Gasteiger partial charge in [0, 0.05) is 29.8 Å². The summed E-state index contributed by atoms with van der Waals surface area (Å²) >= 11 is 6.33. The third kappa shape index (κ3) is 3.87. The molecule has 1 rings (SSSR count). The fourth-order valence-corrected chi connectivity index (χ4v) is 2.41. The molecule has 3 nitrogen and oxygen atoms in total. The van der Waals surface area contributed by atoms with Crippen molar-refractivity contribution in [3.8, 4) is 0 Å². The van der Waals surface area contributed by atoms with E-state index < -0.39 is 0 Å². The van der Waals surface area contributed by atoms with Crippen LogP contribution in [-0.2, 0) is 0 Å². The molecule has 1 unspecified atom stereocenters. The molecule has 0 aromatic heterocycles. The zero-order chi connectivity index (χ0) is 13.5. The summed E-state index contributed by atoms with van der Waals surface area (Å²) in [5.41, 5.74) is 2.17. The maximum atomic E-state index is 9.03. The van der Waals surface area contributed by atoms with Crippen molar-refractivity contribution in [2.24, 2.45) is 0 Å². The number of aliphatic hydroxyl groups excluding tert-OH is 1. The van der Waals surface area contributed by atoms with E-state index in [1.807, 2.05) is 6.07 Å². The zero-order valence-corrected chi connectivity index (χ0v) is 12.2. The lowest BCUT2D eigenvalue weighted by atomic mass is 10.1. The van der Waals surface area contributed by atoms with E-state index in [1.165, 1.54) is 0 Å². The SMILES string of the molecule is CCNC(C)c1ccc(N(CC)CCO)cc1Cl. The summed E-state index contributed by atoms with van der Waals surface area (Å²) in [6.45, 7) is 8.83. The van der Waals surface area contributed by atoms with Crippen molar-refractivity contribution >= 4 is 17.3 Å². The van der Waals surface area contributed by atoms with Crippen molar-refractivity contribution in [3.05, 3.63) is 28.8 Å². The van der Waals surface area contributed by atoms with Crippen molar-refractivity contribution in [3.63, 3.8) is 0 Å². The van der Waals surface area contributed by atoms with E-state index in [0.717, 1.165) is 29.4 Å². The van der Waals surface area contributed by atoms with Crippen LogP contribution < -0.4 is 10.2 Å². The molecule has 0 radical (unpaired) electrons. The zero-order valence-electron chi connectivity index (χ0n) is 11.4. The lowest BCUT2D eigenvalue weighted by Crippen LogP contribution is -2.26. The molecule has 2 N–H and O–H groups in total. The topological polar surface area (TPSA) is 35.5 Å². The molecule has 1 aromatic rings. The highest BCUT2D eigenvalue weighted by Gasteiger charge is 2.11. The van der Waals surface area contributed by atoms with Gasteiger partial charge in [0.05, 0.1) is 6.61 Å². The van der Waals surface area contributed by atoms with Crippen molar-refractivity contribution in [2.45, 2.75) is 26.8 Å². The summed E-state index contributed by atoms with van der Waals surface area (Å²) in [4.78, 5) is 2.10. The fourth-order valence-electron chi connectivity index (χ4n) is 2.07. The van der Waals surface area contributed by atoms with E-state index >= 15 is 0 Å². The first-order chi connectivity index (χ1) is 8.63. The summed E-state index contributed by atoms with van der Waals surface area (Å²) in [6, 6.07) is 6.35. The first kappa shape index (κ1) is 15.3. The first-order valence-electron chi connectivity index (χ1n) is 6.52. The molecule has 0 aliphatic rings. The number of hydrogen-bond donors (Lipinski definition) is 2. The molecule has 0 bridgehead atoms. The van der Waals surface area contributed by atoms with Crippen LogP contribution in [0.3, 0.4) is 0 Å². The maximum Gasteiger partial charge on any atom is 0.0606 e. The number of hydrogen-bond acceptors (Lipinski definition) is 3. The minimum atomic E-state index is 0.154. The summed E-state index contributed by atoms with van der Waals surface area (Å²) in [7, 11) is 0. The van der Waals surface area contributed by atoms with E-state index in [-0.39, 0.29) is 12.6 Å². The van der Waals surface area contributed by atoms with Gasteiger partial charge in [0.2, 0.25) is 0 Å². The molecule has 1 aromatic carbocycles. The van der Waals surface area contributed by atoms with Crippen molar-refractivity contribution in [2.75, 3.05) is 31.1 Å². The minimum Gasteiger partial charge on any atom is -0.395 e. The largest absolute Gasteiger partial charge is 0.395 e. The van der Waals surface area contributed by atoms with Gasteiger partial charge >= 0.3 is 0 Å². The maximum absolute atomic E-state index is 9.03. The third-order valence-electron chi connectivity index (χ3n) is 3.08. The molecular formula is C14H23ClN2O. The number of benzene rings is 1. The second kappa shape index (κ2) is 7.62. The van der Waals surface area contributed by atoms with E-state index in [1.54, 1.807) is 0 Å². The molecule has 0 spiro atoms. The van der Waals surface area contributed by atoms with Crippen molar-refractivity contribution < 1.29 is 5.11 Å². The van der Waals surface area contributed by atoms with Crippen LogP contribution in [0.4, 0.5) is 5.69 Å². The Hall–Kier alpha value is -0.770. The predicted molar refractivity (Wildman–Crippen MR) is 78.5 cm³/mol. The molecule has 4 heteroatoms. The summed E-state index contributed by atoms with van der Waals surface area (Å²) in [6.07, 6.45) is 0. The molecule has 0 fully saturated rings. The fraction of sp³-hybridized carbons (Fsp3) is 0.571. The highest BCUT2D eigenvalue weighted by atomic mass is 35.5. The Bertz CT molecular complexity index is 371. The summed E-state index contributed by atoms with van der Waals surface area (Å²) in [5.74, 6) is 0. The summed E-state index contributed by atoms with van der Waals surface area (Å²) in [5, 5.41) is 13.2. The average Bonchev–Trinajstić information content (AvgIpc) is 2.36. The van der Waals surface area contributed by atoms with E-state index in [9.17, 15) is 0 Å². The van der Waals surface area contributed by atoms with Crippen LogP contribution in [0.25, 0.3) is 0 Å². The Kier molecular flexibility index (Phi) is 6.47. The third-order valence-corrected chi connectivity index (χ3v) is 3.40. The van der Waals surface area contributed by atoms with Gasteiger partial charge in [0.25, 0.3) is 0 Å². The van der Waals surface area contributed by atoms with Crippen LogP contribution in [0.2, 0.25) is 5.02 Å². The molecular weight excluding hydrogens is 248 g/mol. The smallest absolute Gasteiger partial charge is 0.0606 e. The molecule has 0 aliphatic carbocycles. The number of halogens is 1. The first-order valence-corrected chi connectivity index (χ1v) is 6.90. The van der Waals surface area contributed by atoms with Gasteiger partial charge in [0.1, 0.15) is 0 Å². The van der Waals surface area contributed by atoms with E-state index in [2.05, 4.69) is 43.1 Å². The average molecular weight is 271 g/mol. The van der Waals surface area contributed by atoms with Crippen LogP contribution >= 0.6 is 11.6 Å². The highest BCUT2D eigenvalue weighted by molar-refractivity contribution is 6.31. The van der Waals surface area contributed by atoms with Gasteiger partial charge in [-0.25, -0.2) is 0 Å². The molecule has 18 heavy (non-hydrogen) atoms. The second-order valence-electron chi connectivity index (χ2n) is 4.29. The van der Waals surface area contributed by atoms with Gasteiger partial charge in [-0.15, -0.1) is 0 Å². The number of rotatable bonds is 7. The van der Waals surface area contributed by atoms with Crippen LogP contribution in [-0.4, -0.2) is 31.3 Å². The second-order valence-corrected chi connectivity index (χ2v) is 4.70. The Labute approximate surface area is 115 Å². The number of nitrogens with one attached hydrogen (secondary N) is 1. The normalized spacial score (nSPS) is 12.5. The van der Waals surface area contributed by atoms with Gasteiger partial charge in [-0.2, -0.15) is 0 Å². The Morgan fingerprint density at radius 2 is 2.11 bits per heavy atom. The monoisotopic (exact) mass is 270 g/mol.